The van der Waals surface area contributed by atoms with E-state index >= 15 is 0 Å². The van der Waals surface area contributed by atoms with Crippen molar-refractivity contribution < 1.29 is 13.2 Å². The third-order valence-corrected chi connectivity index (χ3v) is 3.46. The summed E-state index contributed by atoms with van der Waals surface area (Å²) < 4.78 is 28.1. The minimum absolute atomic E-state index is 0.249. The van der Waals surface area contributed by atoms with Crippen LogP contribution in [0, 0.1) is 0 Å². The average molecular weight is 279 g/mol. The largest absolute Gasteiger partial charge is 0.439 e. The van der Waals surface area contributed by atoms with Crippen molar-refractivity contribution >= 4 is 15.8 Å². The average Bonchev–Trinajstić information content (AvgIpc) is 2.38. The third kappa shape index (κ3) is 3.41. The monoisotopic (exact) mass is 279 g/mol. The lowest BCUT2D eigenvalue weighted by Crippen LogP contribution is -1.98. The van der Waals surface area contributed by atoms with Gasteiger partial charge in [-0.05, 0) is 24.3 Å². The van der Waals surface area contributed by atoms with Crippen LogP contribution in [0.5, 0.6) is 11.6 Å². The SMILES string of the molecule is CNc1nccc(Oc2ccc(S(C)(=O)=O)cc2)n1. The van der Waals surface area contributed by atoms with Crippen LogP contribution in [0.25, 0.3) is 0 Å². The van der Waals surface area contributed by atoms with E-state index in [4.69, 9.17) is 4.74 Å². The Morgan fingerprint density at radius 1 is 1.16 bits per heavy atom. The summed E-state index contributed by atoms with van der Waals surface area (Å²) in [4.78, 5) is 8.31. The van der Waals surface area contributed by atoms with Crippen molar-refractivity contribution in [2.75, 3.05) is 18.6 Å². The fourth-order valence-corrected chi connectivity index (χ4v) is 2.03. The zero-order valence-electron chi connectivity index (χ0n) is 10.5. The summed E-state index contributed by atoms with van der Waals surface area (Å²) in [5.41, 5.74) is 0. The summed E-state index contributed by atoms with van der Waals surface area (Å²) in [7, 11) is -1.49. The van der Waals surface area contributed by atoms with Gasteiger partial charge in [-0.25, -0.2) is 13.4 Å². The Balaban J connectivity index is 2.19. The van der Waals surface area contributed by atoms with E-state index in [1.165, 1.54) is 12.1 Å². The van der Waals surface area contributed by atoms with E-state index in [2.05, 4.69) is 15.3 Å². The first kappa shape index (κ1) is 13.3. The fraction of sp³-hybridized carbons (Fsp3) is 0.167. The molecule has 2 aromatic rings. The molecule has 0 amide bonds. The van der Waals surface area contributed by atoms with Crippen molar-refractivity contribution in [3.8, 4) is 11.6 Å². The molecule has 100 valence electrons. The molecule has 7 heteroatoms. The maximum atomic E-state index is 11.3. The van der Waals surface area contributed by atoms with Gasteiger partial charge in [0.05, 0.1) is 4.90 Å². The molecule has 1 aromatic carbocycles. The molecular weight excluding hydrogens is 266 g/mol. The molecule has 0 saturated carbocycles. The minimum Gasteiger partial charge on any atom is -0.439 e. The van der Waals surface area contributed by atoms with E-state index in [-0.39, 0.29) is 4.90 Å². The lowest BCUT2D eigenvalue weighted by Gasteiger charge is -2.06. The Kier molecular flexibility index (Phi) is 3.66. The molecule has 1 aromatic heterocycles. The van der Waals surface area contributed by atoms with E-state index in [9.17, 15) is 8.42 Å². The number of nitrogens with one attached hydrogen (secondary N) is 1. The molecule has 19 heavy (non-hydrogen) atoms. The van der Waals surface area contributed by atoms with Crippen molar-refractivity contribution in [3.05, 3.63) is 36.5 Å². The quantitative estimate of drug-likeness (QED) is 0.917. The van der Waals surface area contributed by atoms with Crippen molar-refractivity contribution in [1.29, 1.82) is 0 Å². The number of sulfone groups is 1. The van der Waals surface area contributed by atoms with Crippen molar-refractivity contribution in [1.82, 2.24) is 9.97 Å². The van der Waals surface area contributed by atoms with Gasteiger partial charge in [0, 0.05) is 25.6 Å². The summed E-state index contributed by atoms with van der Waals surface area (Å²) in [5, 5.41) is 2.80. The maximum Gasteiger partial charge on any atom is 0.225 e. The molecule has 6 nitrogen and oxygen atoms in total. The second-order valence-corrected chi connectivity index (χ2v) is 5.83. The Hall–Kier alpha value is -2.15. The van der Waals surface area contributed by atoms with E-state index in [0.717, 1.165) is 6.26 Å². The van der Waals surface area contributed by atoms with Gasteiger partial charge in [0.2, 0.25) is 11.8 Å². The van der Waals surface area contributed by atoms with Crippen LogP contribution in [0.15, 0.2) is 41.4 Å². The van der Waals surface area contributed by atoms with Gasteiger partial charge in [0.1, 0.15) is 5.75 Å². The van der Waals surface area contributed by atoms with Crippen LogP contribution in [0.2, 0.25) is 0 Å². The molecule has 1 N–H and O–H groups in total. The molecule has 0 bridgehead atoms. The number of aromatic nitrogens is 2. The predicted molar refractivity (Wildman–Crippen MR) is 71.2 cm³/mol. The van der Waals surface area contributed by atoms with E-state index in [1.807, 2.05) is 0 Å². The first-order chi connectivity index (χ1) is 8.99. The van der Waals surface area contributed by atoms with Gasteiger partial charge in [-0.3, -0.25) is 0 Å². The second-order valence-electron chi connectivity index (χ2n) is 3.81. The number of hydrogen-bond acceptors (Lipinski definition) is 6. The highest BCUT2D eigenvalue weighted by Crippen LogP contribution is 2.21. The summed E-state index contributed by atoms with van der Waals surface area (Å²) in [6.07, 6.45) is 2.73. The van der Waals surface area contributed by atoms with Crippen LogP contribution in [0.3, 0.4) is 0 Å². The Morgan fingerprint density at radius 2 is 1.84 bits per heavy atom. The molecule has 0 aliphatic carbocycles. The van der Waals surface area contributed by atoms with E-state index in [1.54, 1.807) is 31.4 Å². The third-order valence-electron chi connectivity index (χ3n) is 2.33. The zero-order chi connectivity index (χ0) is 13.9. The van der Waals surface area contributed by atoms with Gasteiger partial charge >= 0.3 is 0 Å². The van der Waals surface area contributed by atoms with Crippen molar-refractivity contribution in [2.24, 2.45) is 0 Å². The van der Waals surface area contributed by atoms with Crippen molar-refractivity contribution in [2.45, 2.75) is 4.90 Å². The topological polar surface area (TPSA) is 81.2 Å². The number of benzene rings is 1. The maximum absolute atomic E-state index is 11.3. The molecule has 0 atom stereocenters. The van der Waals surface area contributed by atoms with Crippen LogP contribution in [0.4, 0.5) is 5.95 Å². The molecule has 0 saturated heterocycles. The second kappa shape index (κ2) is 5.23. The summed E-state index contributed by atoms with van der Waals surface area (Å²) >= 11 is 0. The molecule has 0 unspecified atom stereocenters. The molecule has 0 aliphatic heterocycles. The van der Waals surface area contributed by atoms with Crippen LogP contribution in [0.1, 0.15) is 0 Å². The molecular formula is C12H13N3O3S. The molecule has 2 rings (SSSR count). The Bertz CT molecular complexity index is 669. The molecule has 0 radical (unpaired) electrons. The Morgan fingerprint density at radius 3 is 2.42 bits per heavy atom. The fourth-order valence-electron chi connectivity index (χ4n) is 1.40. The lowest BCUT2D eigenvalue weighted by molar-refractivity contribution is 0.462. The highest BCUT2D eigenvalue weighted by molar-refractivity contribution is 7.90. The minimum atomic E-state index is -3.19. The number of nitrogens with zero attached hydrogens (tertiary/aromatic N) is 2. The normalized spacial score (nSPS) is 11.1. The first-order valence-corrected chi connectivity index (χ1v) is 7.37. The van der Waals surface area contributed by atoms with Gasteiger partial charge < -0.3 is 10.1 Å². The molecule has 1 heterocycles. The summed E-state index contributed by atoms with van der Waals surface area (Å²) in [6.45, 7) is 0. The van der Waals surface area contributed by atoms with E-state index in [0.29, 0.717) is 17.6 Å². The highest BCUT2D eigenvalue weighted by Gasteiger charge is 2.07. The number of hydrogen-bond donors (Lipinski definition) is 1. The van der Waals surface area contributed by atoms with Crippen LogP contribution in [-0.2, 0) is 9.84 Å². The molecule has 0 aliphatic rings. The van der Waals surface area contributed by atoms with Crippen LogP contribution in [-0.4, -0.2) is 31.7 Å². The Labute approximate surface area is 111 Å². The number of ether oxygens (including phenoxy) is 1. The predicted octanol–water partition coefficient (Wildman–Crippen LogP) is 1.71. The van der Waals surface area contributed by atoms with Crippen molar-refractivity contribution in [3.63, 3.8) is 0 Å². The van der Waals surface area contributed by atoms with Crippen LogP contribution >= 0.6 is 0 Å². The van der Waals surface area contributed by atoms with Gasteiger partial charge in [-0.1, -0.05) is 0 Å². The van der Waals surface area contributed by atoms with E-state index < -0.39 is 9.84 Å². The molecule has 0 spiro atoms. The summed E-state index contributed by atoms with van der Waals surface area (Å²) in [5.74, 6) is 1.34. The summed E-state index contributed by atoms with van der Waals surface area (Å²) in [6, 6.07) is 7.76. The standard InChI is InChI=1S/C12H13N3O3S/c1-13-12-14-8-7-11(15-12)18-9-3-5-10(6-4-9)19(2,16)17/h3-8H,1-2H3,(H,13,14,15). The van der Waals surface area contributed by atoms with Gasteiger partial charge in [0.25, 0.3) is 0 Å². The highest BCUT2D eigenvalue weighted by atomic mass is 32.2. The van der Waals surface area contributed by atoms with Gasteiger partial charge in [-0.2, -0.15) is 4.98 Å². The first-order valence-electron chi connectivity index (χ1n) is 5.48. The molecule has 0 fully saturated rings. The number of rotatable bonds is 4. The number of anilines is 1. The van der Waals surface area contributed by atoms with Gasteiger partial charge in [-0.15, -0.1) is 0 Å². The van der Waals surface area contributed by atoms with Crippen LogP contribution < -0.4 is 10.1 Å². The van der Waals surface area contributed by atoms with Gasteiger partial charge in [0.15, 0.2) is 9.84 Å². The smallest absolute Gasteiger partial charge is 0.225 e. The zero-order valence-corrected chi connectivity index (χ0v) is 11.3. The lowest BCUT2D eigenvalue weighted by atomic mass is 10.3.